The summed E-state index contributed by atoms with van der Waals surface area (Å²) in [5, 5.41) is 13.3. The first kappa shape index (κ1) is 15.1. The van der Waals surface area contributed by atoms with E-state index in [2.05, 4.69) is 5.10 Å². The molecule has 0 bridgehead atoms. The summed E-state index contributed by atoms with van der Waals surface area (Å²) in [5.41, 5.74) is 0.171. The number of benzene rings is 1. The quantitative estimate of drug-likeness (QED) is 0.882. The van der Waals surface area contributed by atoms with Crippen molar-refractivity contribution in [3.8, 4) is 5.69 Å². The van der Waals surface area contributed by atoms with E-state index in [1.807, 2.05) is 0 Å². The second kappa shape index (κ2) is 5.59. The fraction of sp³-hybridized carbons (Fsp3) is 0.286. The van der Waals surface area contributed by atoms with Gasteiger partial charge in [-0.05, 0) is 12.8 Å². The van der Waals surface area contributed by atoms with Gasteiger partial charge in [-0.15, -0.1) is 0 Å². The third kappa shape index (κ3) is 2.51. The first-order chi connectivity index (χ1) is 9.90. The van der Waals surface area contributed by atoms with Gasteiger partial charge in [-0.25, -0.2) is 22.6 Å². The third-order valence-corrected chi connectivity index (χ3v) is 3.16. The van der Waals surface area contributed by atoms with Crippen LogP contribution >= 0.6 is 0 Å². The van der Waals surface area contributed by atoms with Gasteiger partial charge in [0.25, 0.3) is 0 Å². The van der Waals surface area contributed by atoms with Crippen molar-refractivity contribution in [3.63, 3.8) is 0 Å². The van der Waals surface area contributed by atoms with E-state index < -0.39 is 23.4 Å². The standard InChI is InChI=1S/C14H13F3N2O2/c1-3-10-13(14(20)21)11(4-2)19(18-10)12-6-8(16)7(15)5-9(12)17/h5-6H,3-4H2,1-2H3,(H,20,21). The Labute approximate surface area is 118 Å². The molecule has 0 amide bonds. The monoisotopic (exact) mass is 298 g/mol. The first-order valence-electron chi connectivity index (χ1n) is 6.39. The van der Waals surface area contributed by atoms with Crippen LogP contribution in [0.15, 0.2) is 12.1 Å². The van der Waals surface area contributed by atoms with Crippen molar-refractivity contribution in [3.05, 3.63) is 46.5 Å². The normalized spacial score (nSPS) is 10.9. The number of aromatic carboxylic acids is 1. The van der Waals surface area contributed by atoms with Gasteiger partial charge in [0.1, 0.15) is 11.3 Å². The summed E-state index contributed by atoms with van der Waals surface area (Å²) < 4.78 is 41.2. The Morgan fingerprint density at radius 1 is 1.14 bits per heavy atom. The van der Waals surface area contributed by atoms with Crippen LogP contribution in [0.3, 0.4) is 0 Å². The maximum absolute atomic E-state index is 13.9. The lowest BCUT2D eigenvalue weighted by Gasteiger charge is -2.08. The predicted molar refractivity (Wildman–Crippen MR) is 69.2 cm³/mol. The van der Waals surface area contributed by atoms with Crippen molar-refractivity contribution in [1.82, 2.24) is 9.78 Å². The van der Waals surface area contributed by atoms with Gasteiger partial charge in [0.05, 0.1) is 11.4 Å². The molecule has 0 radical (unpaired) electrons. The molecule has 0 atom stereocenters. The average Bonchev–Trinajstić information content (AvgIpc) is 2.81. The Hall–Kier alpha value is -2.31. The average molecular weight is 298 g/mol. The summed E-state index contributed by atoms with van der Waals surface area (Å²) in [5.74, 6) is -4.72. The lowest BCUT2D eigenvalue weighted by molar-refractivity contribution is 0.0694. The van der Waals surface area contributed by atoms with Crippen LogP contribution in [0, 0.1) is 17.5 Å². The lowest BCUT2D eigenvalue weighted by atomic mass is 10.1. The van der Waals surface area contributed by atoms with Crippen LogP contribution in [-0.2, 0) is 12.8 Å². The maximum atomic E-state index is 13.9. The minimum Gasteiger partial charge on any atom is -0.478 e. The number of carbonyl (C=O) groups is 1. The van der Waals surface area contributed by atoms with Gasteiger partial charge in [0.2, 0.25) is 0 Å². The van der Waals surface area contributed by atoms with Crippen molar-refractivity contribution in [2.45, 2.75) is 26.7 Å². The Morgan fingerprint density at radius 2 is 1.76 bits per heavy atom. The molecule has 7 heteroatoms. The largest absolute Gasteiger partial charge is 0.478 e. The van der Waals surface area contributed by atoms with Crippen molar-refractivity contribution >= 4 is 5.97 Å². The van der Waals surface area contributed by atoms with Gasteiger partial charge >= 0.3 is 5.97 Å². The van der Waals surface area contributed by atoms with Crippen LogP contribution in [0.25, 0.3) is 5.69 Å². The summed E-state index contributed by atoms with van der Waals surface area (Å²) in [6.45, 7) is 3.39. The van der Waals surface area contributed by atoms with Crippen LogP contribution in [0.2, 0.25) is 0 Å². The molecule has 112 valence electrons. The second-order valence-corrected chi connectivity index (χ2v) is 4.41. The number of hydrogen-bond donors (Lipinski definition) is 1. The fourth-order valence-corrected chi connectivity index (χ4v) is 2.20. The SMILES string of the molecule is CCc1nn(-c2cc(F)c(F)cc2F)c(CC)c1C(=O)O. The Kier molecular flexibility index (Phi) is 4.02. The van der Waals surface area contributed by atoms with Crippen molar-refractivity contribution in [1.29, 1.82) is 0 Å². The van der Waals surface area contributed by atoms with Crippen LogP contribution in [0.5, 0.6) is 0 Å². The minimum atomic E-state index is -1.31. The smallest absolute Gasteiger partial charge is 0.339 e. The van der Waals surface area contributed by atoms with Gasteiger partial charge in [-0.2, -0.15) is 5.10 Å². The topological polar surface area (TPSA) is 55.1 Å². The zero-order valence-electron chi connectivity index (χ0n) is 11.5. The summed E-state index contributed by atoms with van der Waals surface area (Å²) in [6.07, 6.45) is 0.583. The zero-order valence-corrected chi connectivity index (χ0v) is 11.5. The molecule has 0 aliphatic rings. The highest BCUT2D eigenvalue weighted by molar-refractivity contribution is 5.90. The molecule has 0 saturated carbocycles. The molecule has 0 saturated heterocycles. The molecule has 2 rings (SSSR count). The van der Waals surface area contributed by atoms with Gasteiger partial charge in [-0.1, -0.05) is 13.8 Å². The van der Waals surface area contributed by atoms with Crippen LogP contribution < -0.4 is 0 Å². The molecule has 4 nitrogen and oxygen atoms in total. The van der Waals surface area contributed by atoms with Crippen molar-refractivity contribution in [2.75, 3.05) is 0 Å². The number of aryl methyl sites for hydroxylation is 1. The van der Waals surface area contributed by atoms with E-state index in [0.717, 1.165) is 4.68 Å². The van der Waals surface area contributed by atoms with Gasteiger partial charge in [0, 0.05) is 12.1 Å². The number of aromatic nitrogens is 2. The molecular weight excluding hydrogens is 285 g/mol. The molecule has 1 aromatic carbocycles. The van der Waals surface area contributed by atoms with Crippen LogP contribution in [0.1, 0.15) is 35.6 Å². The lowest BCUT2D eigenvalue weighted by Crippen LogP contribution is -2.08. The second-order valence-electron chi connectivity index (χ2n) is 4.41. The molecule has 1 aromatic heterocycles. The minimum absolute atomic E-state index is 0.0240. The Morgan fingerprint density at radius 3 is 2.29 bits per heavy atom. The number of hydrogen-bond acceptors (Lipinski definition) is 2. The highest BCUT2D eigenvalue weighted by atomic mass is 19.2. The molecular formula is C14H13F3N2O2. The summed E-state index contributed by atoms with van der Waals surface area (Å²) in [7, 11) is 0. The van der Waals surface area contributed by atoms with E-state index >= 15 is 0 Å². The molecule has 1 N–H and O–H groups in total. The van der Waals surface area contributed by atoms with E-state index in [-0.39, 0.29) is 29.1 Å². The molecule has 0 spiro atoms. The van der Waals surface area contributed by atoms with E-state index in [1.54, 1.807) is 13.8 Å². The van der Waals surface area contributed by atoms with Gasteiger partial charge < -0.3 is 5.11 Å². The van der Waals surface area contributed by atoms with E-state index in [1.165, 1.54) is 0 Å². The molecule has 0 aliphatic carbocycles. The Balaban J connectivity index is 2.75. The summed E-state index contributed by atoms with van der Waals surface area (Å²) in [6, 6.07) is 1.08. The van der Waals surface area contributed by atoms with Crippen LogP contribution in [-0.4, -0.2) is 20.9 Å². The Bertz CT molecular complexity index is 711. The number of halogens is 3. The number of nitrogens with zero attached hydrogens (tertiary/aromatic N) is 2. The first-order valence-corrected chi connectivity index (χ1v) is 6.39. The fourth-order valence-electron chi connectivity index (χ4n) is 2.20. The third-order valence-electron chi connectivity index (χ3n) is 3.16. The molecule has 1 heterocycles. The predicted octanol–water partition coefficient (Wildman–Crippen LogP) is 3.11. The molecule has 0 unspecified atom stereocenters. The molecule has 0 fully saturated rings. The van der Waals surface area contributed by atoms with E-state index in [9.17, 15) is 23.1 Å². The number of carboxylic acids is 1. The number of rotatable bonds is 4. The highest BCUT2D eigenvalue weighted by Crippen LogP contribution is 2.24. The van der Waals surface area contributed by atoms with Crippen LogP contribution in [0.4, 0.5) is 13.2 Å². The van der Waals surface area contributed by atoms with E-state index in [0.29, 0.717) is 18.6 Å². The molecule has 0 aliphatic heterocycles. The maximum Gasteiger partial charge on any atom is 0.339 e. The van der Waals surface area contributed by atoms with Crippen molar-refractivity contribution in [2.24, 2.45) is 0 Å². The van der Waals surface area contributed by atoms with E-state index in [4.69, 9.17) is 0 Å². The highest BCUT2D eigenvalue weighted by Gasteiger charge is 2.24. The summed E-state index contributed by atoms with van der Waals surface area (Å²) in [4.78, 5) is 11.3. The van der Waals surface area contributed by atoms with Gasteiger partial charge in [0.15, 0.2) is 17.5 Å². The summed E-state index contributed by atoms with van der Waals surface area (Å²) >= 11 is 0. The zero-order chi connectivity index (χ0) is 15.7. The van der Waals surface area contributed by atoms with Crippen molar-refractivity contribution < 1.29 is 23.1 Å². The molecule has 2 aromatic rings. The number of carboxylic acid groups (broad SMARTS) is 1. The van der Waals surface area contributed by atoms with Gasteiger partial charge in [-0.3, -0.25) is 0 Å². The molecule has 21 heavy (non-hydrogen) atoms.